The summed E-state index contributed by atoms with van der Waals surface area (Å²) < 4.78 is 2.42. The molecule has 0 N–H and O–H groups in total. The highest BCUT2D eigenvalue weighted by molar-refractivity contribution is 6.11. The molecule has 0 radical (unpaired) electrons. The van der Waals surface area contributed by atoms with E-state index in [1.165, 1.54) is 71.9 Å². The van der Waals surface area contributed by atoms with Crippen LogP contribution in [-0.2, 0) is 5.41 Å². The lowest BCUT2D eigenvalue weighted by Gasteiger charge is -2.36. The third kappa shape index (κ3) is 5.88. The Kier molecular flexibility index (Phi) is 9.11. The van der Waals surface area contributed by atoms with E-state index in [4.69, 9.17) is 0 Å². The molecule has 3 heteroatoms. The van der Waals surface area contributed by atoms with Gasteiger partial charge in [0.15, 0.2) is 0 Å². The number of anilines is 6. The first-order valence-corrected chi connectivity index (χ1v) is 24.2. The first kappa shape index (κ1) is 39.9. The molecular weight excluding hydrogens is 847 g/mol. The van der Waals surface area contributed by atoms with Crippen molar-refractivity contribution >= 4 is 55.9 Å². The van der Waals surface area contributed by atoms with E-state index in [-0.39, 0.29) is 0 Å². The van der Waals surface area contributed by atoms with Gasteiger partial charge in [0.2, 0.25) is 0 Å². The second kappa shape index (κ2) is 16.0. The zero-order valence-corrected chi connectivity index (χ0v) is 38.3. The Bertz CT molecular complexity index is 3940. The number of aromatic nitrogens is 1. The quantitative estimate of drug-likeness (QED) is 0.151. The Balaban J connectivity index is 1.05. The lowest BCUT2D eigenvalue weighted by atomic mass is 9.69. The van der Waals surface area contributed by atoms with Gasteiger partial charge in [0, 0.05) is 50.3 Å². The predicted octanol–water partition coefficient (Wildman–Crippen LogP) is 17.7. The van der Waals surface area contributed by atoms with Crippen molar-refractivity contribution in [1.82, 2.24) is 4.57 Å². The maximum absolute atomic E-state index is 2.51. The molecule has 1 atom stereocenters. The number of fused-ring (bicyclic) bond motifs is 13. The van der Waals surface area contributed by atoms with Gasteiger partial charge in [-0.15, -0.1) is 0 Å². The molecule has 1 heterocycles. The van der Waals surface area contributed by atoms with Crippen LogP contribution in [0.1, 0.15) is 22.3 Å². The normalized spacial score (nSPS) is 14.1. The first-order valence-electron chi connectivity index (χ1n) is 24.2. The minimum Gasteiger partial charge on any atom is -0.310 e. The third-order valence-electron chi connectivity index (χ3n) is 14.8. The lowest BCUT2D eigenvalue weighted by molar-refractivity contribution is 0.793. The Hall–Kier alpha value is -9.18. The molecule has 12 aromatic rings. The molecule has 1 spiro atoms. The number of hydrogen-bond donors (Lipinski definition) is 0. The molecule has 2 aliphatic rings. The minimum atomic E-state index is -0.665. The molecule has 1 unspecified atom stereocenters. The minimum absolute atomic E-state index is 0.665. The van der Waals surface area contributed by atoms with Gasteiger partial charge < -0.3 is 14.4 Å². The van der Waals surface area contributed by atoms with Gasteiger partial charge in [0.1, 0.15) is 0 Å². The summed E-state index contributed by atoms with van der Waals surface area (Å²) in [6.45, 7) is 0. The van der Waals surface area contributed by atoms with Crippen LogP contribution < -0.4 is 9.80 Å². The lowest BCUT2D eigenvalue weighted by Crippen LogP contribution is -2.28. The van der Waals surface area contributed by atoms with Crippen LogP contribution in [0.2, 0.25) is 0 Å². The van der Waals surface area contributed by atoms with Crippen molar-refractivity contribution in [2.45, 2.75) is 5.41 Å². The van der Waals surface area contributed by atoms with Crippen LogP contribution >= 0.6 is 0 Å². The van der Waals surface area contributed by atoms with Crippen molar-refractivity contribution in [2.24, 2.45) is 0 Å². The van der Waals surface area contributed by atoms with E-state index in [2.05, 4.69) is 287 Å². The van der Waals surface area contributed by atoms with Gasteiger partial charge in [-0.05, 0) is 123 Å². The molecule has 14 rings (SSSR count). The highest BCUT2D eigenvalue weighted by Crippen LogP contribution is 2.66. The van der Waals surface area contributed by atoms with Crippen molar-refractivity contribution in [3.8, 4) is 39.1 Å². The summed E-state index contributed by atoms with van der Waals surface area (Å²) in [6, 6.07) is 100. The molecule has 3 nitrogen and oxygen atoms in total. The third-order valence-corrected chi connectivity index (χ3v) is 14.8. The largest absolute Gasteiger partial charge is 0.310 e. The highest BCUT2D eigenvalue weighted by Gasteiger charge is 2.53. The van der Waals surface area contributed by atoms with Crippen LogP contribution in [0.5, 0.6) is 0 Å². The van der Waals surface area contributed by atoms with E-state index in [0.29, 0.717) is 0 Å². The van der Waals surface area contributed by atoms with Gasteiger partial charge >= 0.3 is 0 Å². The summed E-state index contributed by atoms with van der Waals surface area (Å²) in [5.41, 5.74) is 22.0. The highest BCUT2D eigenvalue weighted by atomic mass is 15.2. The summed E-state index contributed by atoms with van der Waals surface area (Å²) in [6.07, 6.45) is 0. The molecule has 328 valence electrons. The Morgan fingerprint density at radius 3 is 1.49 bits per heavy atom. The second-order valence-electron chi connectivity index (χ2n) is 18.4. The second-order valence-corrected chi connectivity index (χ2v) is 18.4. The summed E-state index contributed by atoms with van der Waals surface area (Å²) in [5.74, 6) is 0. The van der Waals surface area contributed by atoms with Crippen molar-refractivity contribution in [2.75, 3.05) is 9.80 Å². The van der Waals surface area contributed by atoms with Gasteiger partial charge in [-0.2, -0.15) is 0 Å². The molecule has 0 saturated heterocycles. The molecule has 11 aromatic carbocycles. The van der Waals surface area contributed by atoms with Crippen LogP contribution in [0.3, 0.4) is 0 Å². The smallest absolute Gasteiger partial charge is 0.0746 e. The molecule has 70 heavy (non-hydrogen) atoms. The van der Waals surface area contributed by atoms with Gasteiger partial charge in [0.05, 0.1) is 27.8 Å². The molecule has 0 aliphatic heterocycles. The van der Waals surface area contributed by atoms with Crippen LogP contribution in [0.4, 0.5) is 34.1 Å². The maximum atomic E-state index is 2.51. The first-order chi connectivity index (χ1) is 34.8. The summed E-state index contributed by atoms with van der Waals surface area (Å²) >= 11 is 0. The van der Waals surface area contributed by atoms with E-state index in [0.717, 1.165) is 45.3 Å². The van der Waals surface area contributed by atoms with E-state index in [1.54, 1.807) is 0 Å². The molecule has 0 saturated carbocycles. The monoisotopic (exact) mass is 891 g/mol. The molecule has 0 bridgehead atoms. The van der Waals surface area contributed by atoms with Crippen LogP contribution in [-0.4, -0.2) is 4.57 Å². The van der Waals surface area contributed by atoms with Crippen molar-refractivity contribution in [3.63, 3.8) is 0 Å². The molecule has 1 aromatic heterocycles. The zero-order chi connectivity index (χ0) is 46.2. The average Bonchev–Trinajstić information content (AvgIpc) is 4.05. The fourth-order valence-corrected chi connectivity index (χ4v) is 12.0. The standard InChI is InChI=1S/C67H45N3/c1-5-22-46(23-6-1)52-30-15-19-37-62(52)68(47-24-7-2-8-25-47)50-40-42-55-53-31-13-17-35-59(53)67(61(55)44-50)60-36-18-14-32-54(60)58-34-21-39-64(66(58)67)69(48-26-9-3-10-27-48)51-41-43-57-56-33-16-20-38-63(56)70(65(57)45-51)49-28-11-4-12-29-49/h1-45H. The Morgan fingerprint density at radius 2 is 0.771 bits per heavy atom. The Morgan fingerprint density at radius 1 is 0.286 bits per heavy atom. The number of para-hydroxylation sites is 5. The summed E-state index contributed by atoms with van der Waals surface area (Å²) in [7, 11) is 0. The van der Waals surface area contributed by atoms with Crippen LogP contribution in [0.25, 0.3) is 60.9 Å². The fraction of sp³-hybridized carbons (Fsp3) is 0.0149. The number of hydrogen-bond acceptors (Lipinski definition) is 2. The number of nitrogens with zero attached hydrogens (tertiary/aromatic N) is 3. The topological polar surface area (TPSA) is 11.4 Å². The Labute approximate surface area is 408 Å². The van der Waals surface area contributed by atoms with E-state index in [1.807, 2.05) is 0 Å². The fourth-order valence-electron chi connectivity index (χ4n) is 12.0. The van der Waals surface area contributed by atoms with Crippen molar-refractivity contribution in [1.29, 1.82) is 0 Å². The van der Waals surface area contributed by atoms with Gasteiger partial charge in [-0.25, -0.2) is 0 Å². The number of rotatable bonds is 8. The molecule has 0 amide bonds. The van der Waals surface area contributed by atoms with Crippen LogP contribution in [0.15, 0.2) is 273 Å². The SMILES string of the molecule is c1ccc(-c2ccccc2N(c2ccccc2)c2ccc3c(c2)C2(c4ccccc4-3)c3ccccc3-c3cccc(N(c4ccccc4)c4ccc5c6ccccc6n(-c6ccccc6)c5c4)c32)cc1. The average molecular weight is 892 g/mol. The van der Waals surface area contributed by atoms with Crippen molar-refractivity contribution < 1.29 is 0 Å². The van der Waals surface area contributed by atoms with Gasteiger partial charge in [-0.1, -0.05) is 194 Å². The van der Waals surface area contributed by atoms with Gasteiger partial charge in [0.25, 0.3) is 0 Å². The maximum Gasteiger partial charge on any atom is 0.0746 e. The van der Waals surface area contributed by atoms with E-state index in [9.17, 15) is 0 Å². The summed E-state index contributed by atoms with van der Waals surface area (Å²) in [5, 5.41) is 2.46. The predicted molar refractivity (Wildman–Crippen MR) is 292 cm³/mol. The van der Waals surface area contributed by atoms with Crippen LogP contribution in [0, 0.1) is 0 Å². The molecule has 0 fully saturated rings. The number of benzene rings is 11. The molecular formula is C67H45N3. The van der Waals surface area contributed by atoms with Gasteiger partial charge in [-0.3, -0.25) is 0 Å². The zero-order valence-electron chi connectivity index (χ0n) is 38.3. The van der Waals surface area contributed by atoms with Crippen molar-refractivity contribution in [3.05, 3.63) is 295 Å². The van der Waals surface area contributed by atoms with E-state index < -0.39 is 5.41 Å². The molecule has 2 aliphatic carbocycles. The van der Waals surface area contributed by atoms with E-state index >= 15 is 0 Å². The summed E-state index contributed by atoms with van der Waals surface area (Å²) in [4.78, 5) is 4.96.